The van der Waals surface area contributed by atoms with Gasteiger partial charge < -0.3 is 108 Å². The van der Waals surface area contributed by atoms with Gasteiger partial charge in [0, 0.05) is 121 Å². The molecule has 0 bridgehead atoms. The zero-order valence-electron chi connectivity index (χ0n) is 67.6. The lowest BCUT2D eigenvalue weighted by atomic mass is 9.81. The van der Waals surface area contributed by atoms with E-state index in [1.54, 1.807) is 52.1 Å². The summed E-state index contributed by atoms with van der Waals surface area (Å²) >= 11 is 6.38. The van der Waals surface area contributed by atoms with Crippen LogP contribution >= 0.6 is 11.6 Å². The number of aliphatic hydroxyl groups is 1. The lowest BCUT2D eigenvalue weighted by Crippen LogP contribution is -2.54. The van der Waals surface area contributed by atoms with Gasteiger partial charge in [0.2, 0.25) is 23.6 Å². The maximum atomic E-state index is 15.7. The molecule has 12 rings (SSSR count). The summed E-state index contributed by atoms with van der Waals surface area (Å²) < 4.78 is 65.7. The summed E-state index contributed by atoms with van der Waals surface area (Å²) in [5.74, 6) is -3.91. The molecule has 8 aromatic rings. The number of rotatable bonds is 39. The van der Waals surface area contributed by atoms with E-state index in [4.69, 9.17) is 72.2 Å². The molecular formula is C84H102ClF2N17O16. The number of primary amides is 1. The molecule has 3 aliphatic heterocycles. The highest BCUT2D eigenvalue weighted by molar-refractivity contribution is 6.31. The fraction of sp³-hybridized carbons (Fsp3) is 0.452. The number of amides is 8. The van der Waals surface area contributed by atoms with Crippen LogP contribution < -0.4 is 70.2 Å². The Morgan fingerprint density at radius 1 is 0.792 bits per heavy atom. The molecule has 0 radical (unpaired) electrons. The van der Waals surface area contributed by atoms with Gasteiger partial charge in [0.05, 0.1) is 110 Å². The van der Waals surface area contributed by atoms with E-state index in [0.717, 1.165) is 35.2 Å². The number of hydrogen-bond donors (Lipinski definition) is 13. The van der Waals surface area contributed by atoms with Gasteiger partial charge in [-0.1, -0.05) is 44.5 Å². The number of pyridine rings is 3. The number of cyclic esters (lactones) is 1. The molecule has 4 aromatic heterocycles. The fourth-order valence-corrected chi connectivity index (χ4v) is 15.6. The van der Waals surface area contributed by atoms with Gasteiger partial charge in [0.25, 0.3) is 11.5 Å². The molecule has 120 heavy (non-hydrogen) atoms. The molecule has 33 nitrogen and oxygen atoms in total. The number of carbonyl (C=O) groups excluding carboxylic acids is 8. The monoisotopic (exact) mass is 1680 g/mol. The van der Waals surface area contributed by atoms with Crippen LogP contribution in [0.1, 0.15) is 133 Å². The Morgan fingerprint density at radius 2 is 1.52 bits per heavy atom. The number of esters is 1. The Bertz CT molecular complexity index is 5220. The largest absolute Gasteiger partial charge is 0.458 e. The van der Waals surface area contributed by atoms with Gasteiger partial charge in [-0.3, -0.25) is 28.8 Å². The molecule has 7 heterocycles. The summed E-state index contributed by atoms with van der Waals surface area (Å²) in [6.07, 6.45) is 3.05. The number of carbonyl (C=O) groups is 8. The number of benzene rings is 4. The first kappa shape index (κ1) is 88.0. The van der Waals surface area contributed by atoms with Crippen LogP contribution in [0.2, 0.25) is 5.02 Å². The fourth-order valence-electron chi connectivity index (χ4n) is 15.4. The van der Waals surface area contributed by atoms with E-state index >= 15 is 4.39 Å². The van der Waals surface area contributed by atoms with Crippen LogP contribution in [-0.4, -0.2) is 194 Å². The maximum Gasteiger partial charge on any atom is 0.407 e. The summed E-state index contributed by atoms with van der Waals surface area (Å²) in [5, 5.41) is 35.4. The Kier molecular flexibility index (Phi) is 29.5. The first-order chi connectivity index (χ1) is 57.7. The van der Waals surface area contributed by atoms with Crippen molar-refractivity contribution in [2.24, 2.45) is 23.1 Å². The molecule has 1 fully saturated rings. The van der Waals surface area contributed by atoms with Crippen molar-refractivity contribution in [1.82, 2.24) is 56.4 Å². The number of fused-ring (bicyclic) bond motifs is 6. The van der Waals surface area contributed by atoms with E-state index in [2.05, 4.69) is 52.4 Å². The first-order valence-electron chi connectivity index (χ1n) is 40.3. The second-order valence-corrected chi connectivity index (χ2v) is 30.8. The number of H-pyrrole nitrogens is 1. The van der Waals surface area contributed by atoms with Crippen molar-refractivity contribution in [3.8, 4) is 33.9 Å². The van der Waals surface area contributed by atoms with Gasteiger partial charge in [-0.15, -0.1) is 0 Å². The minimum absolute atomic E-state index is 0.00261. The zero-order chi connectivity index (χ0) is 85.5. The minimum Gasteiger partial charge on any atom is -0.458 e. The second-order valence-electron chi connectivity index (χ2n) is 30.4. The van der Waals surface area contributed by atoms with Gasteiger partial charge in [0.15, 0.2) is 5.60 Å². The highest BCUT2D eigenvalue weighted by Crippen LogP contribution is 2.48. The van der Waals surface area contributed by atoms with Crippen LogP contribution in [-0.2, 0) is 84.2 Å². The van der Waals surface area contributed by atoms with Crippen molar-refractivity contribution in [2.75, 3.05) is 114 Å². The molecule has 36 heteroatoms. The lowest BCUT2D eigenvalue weighted by Gasteiger charge is -2.35. The number of ether oxygens (including phenoxy) is 6. The molecule has 4 atom stereocenters. The van der Waals surface area contributed by atoms with Crippen LogP contribution in [0.5, 0.6) is 0 Å². The van der Waals surface area contributed by atoms with Crippen molar-refractivity contribution in [3.63, 3.8) is 0 Å². The van der Waals surface area contributed by atoms with Crippen molar-refractivity contribution < 1.29 is 80.7 Å². The van der Waals surface area contributed by atoms with E-state index in [9.17, 15) is 52.6 Å². The number of aryl methyl sites for hydroxylation is 2. The summed E-state index contributed by atoms with van der Waals surface area (Å²) in [6.45, 7) is 11.3. The number of aromatic nitrogens is 5. The van der Waals surface area contributed by atoms with Crippen molar-refractivity contribution >= 4 is 98.4 Å². The van der Waals surface area contributed by atoms with Gasteiger partial charge in [0.1, 0.15) is 48.6 Å². The van der Waals surface area contributed by atoms with Crippen LogP contribution in [0.3, 0.4) is 0 Å². The lowest BCUT2D eigenvalue weighted by molar-refractivity contribution is -0.172. The van der Waals surface area contributed by atoms with E-state index in [1.165, 1.54) is 41.0 Å². The van der Waals surface area contributed by atoms with Crippen molar-refractivity contribution in [3.05, 3.63) is 150 Å². The number of aromatic amines is 1. The Labute approximate surface area is 695 Å². The highest BCUT2D eigenvalue weighted by Gasteiger charge is 2.46. The smallest absolute Gasteiger partial charge is 0.407 e. The number of piperidine rings is 1. The number of halogens is 3. The predicted octanol–water partition coefficient (Wildman–Crippen LogP) is 6.85. The standard InChI is InChI=1S/C84H102ClF2N17O16/c1-6-84(114)59-39-66-73-57(42-104(66)80(110)58(59)44-119-81(84)111)70-62(14-12-54-47(5)60(87)40-65(97-73)69(54)70)101-83(113)120-43-48-9-11-53(38-55(48)77(107)93-21-19-88)96-78(108)63(8-7-20-94-82(90)112)100-79(109)72(45(2)3)102-68(106)18-27-116-29-31-118-33-32-117-30-28-115-26-17-67(105)91-22-23-92-75-71(76-98-61-13-10-50(85)37-64(61)99-76)74(103-24-15-52(89)16-25-103)56(41-95-75)49-34-46(4)35-51(86)36-49/h9-11,13,34-41,45,52,62-63,72,114H,6-8,12,14-33,42-44,88-89H2,1-5H3,(H,91,105)(H,92,95)(H,93,107)(H,96,108)(H,98,99)(H,100,109)(H,101,113)(H,102,106)(H3,90,94,112)/t62-,63-,72-,84-/m0/s1. The molecule has 0 spiro atoms. The van der Waals surface area contributed by atoms with Crippen LogP contribution in [0.4, 0.5) is 35.6 Å². The maximum absolute atomic E-state index is 15.7. The summed E-state index contributed by atoms with van der Waals surface area (Å²) in [5.41, 5.74) is 23.6. The van der Waals surface area contributed by atoms with E-state index < -0.39 is 89.4 Å². The van der Waals surface area contributed by atoms with Crippen LogP contribution in [0.15, 0.2) is 77.7 Å². The SMILES string of the molecule is CC[C@@]1(O)C(=O)OCc2c1cc1n(c2=O)Cc2c-1nc1cc(F)c(C)c3c1c2[C@@H](NC(=O)OCc1ccc(NC(=O)[C@H](CCCNC(N)=O)NC(=O)[C@@H](NC(=O)CCOCCOCCOCCOCCC(=O)NCCNc2ncc(-c4cc(C)cc(F)c4)c(N4CCC(N)CC4)c2-c2nc4ccc(Cl)cc4[nH]2)C(C)C)cc1C(=O)NCCN)CC3. The third-order valence-electron chi connectivity index (χ3n) is 21.7. The number of nitrogens with two attached hydrogens (primary N) is 3. The van der Waals surface area contributed by atoms with Gasteiger partial charge >= 0.3 is 18.1 Å². The number of anilines is 3. The second kappa shape index (κ2) is 40.2. The topological polar surface area (TPSA) is 466 Å². The number of hydrogen-bond acceptors (Lipinski definition) is 23. The van der Waals surface area contributed by atoms with E-state index in [-0.39, 0.29) is 182 Å². The molecule has 0 saturated carbocycles. The number of imidazole rings is 1. The third kappa shape index (κ3) is 20.9. The van der Waals surface area contributed by atoms with E-state index in [0.29, 0.717) is 98.4 Å². The average molecular weight is 1680 g/mol. The predicted molar refractivity (Wildman–Crippen MR) is 443 cm³/mol. The highest BCUT2D eigenvalue weighted by atomic mass is 35.5. The Hall–Kier alpha value is -11.3. The number of nitrogens with zero attached hydrogens (tertiary/aromatic N) is 5. The number of nitrogens with one attached hydrogen (secondary N) is 9. The molecule has 8 amide bonds. The summed E-state index contributed by atoms with van der Waals surface area (Å²) in [6, 6.07) is 13.6. The third-order valence-corrected chi connectivity index (χ3v) is 21.9. The molecule has 16 N–H and O–H groups in total. The molecule has 1 aliphatic carbocycles. The summed E-state index contributed by atoms with van der Waals surface area (Å²) in [7, 11) is 0. The Balaban J connectivity index is 0.569. The average Bonchev–Trinajstić information content (AvgIpc) is 1.52. The van der Waals surface area contributed by atoms with Crippen molar-refractivity contribution in [1.29, 1.82) is 0 Å². The molecule has 4 aliphatic rings. The van der Waals surface area contributed by atoms with Crippen LogP contribution in [0.25, 0.3) is 55.8 Å². The normalized spacial score (nSPS) is 15.9. The van der Waals surface area contributed by atoms with Gasteiger partial charge in [-0.25, -0.2) is 38.1 Å². The van der Waals surface area contributed by atoms with Gasteiger partial charge in [-0.2, -0.15) is 0 Å². The summed E-state index contributed by atoms with van der Waals surface area (Å²) in [4.78, 5) is 142. The number of alkyl carbamates (subject to hydrolysis) is 1. The molecule has 640 valence electrons. The van der Waals surface area contributed by atoms with Crippen molar-refractivity contribution in [2.45, 2.75) is 142 Å². The van der Waals surface area contributed by atoms with Gasteiger partial charge in [-0.05, 0) is 141 Å². The number of urea groups is 1. The minimum atomic E-state index is -2.10. The van der Waals surface area contributed by atoms with E-state index in [1.807, 2.05) is 19.1 Å². The molecule has 1 saturated heterocycles. The quantitative estimate of drug-likeness (QED) is 0.0138. The molecule has 4 aromatic carbocycles. The first-order valence-corrected chi connectivity index (χ1v) is 40.7. The van der Waals surface area contributed by atoms with Crippen LogP contribution in [0, 0.1) is 31.4 Å². The molecular weight excluding hydrogens is 1580 g/mol. The molecule has 0 unspecified atom stereocenters. The Morgan fingerprint density at radius 3 is 2.22 bits per heavy atom. The zero-order valence-corrected chi connectivity index (χ0v) is 68.3.